The Morgan fingerprint density at radius 2 is 1.95 bits per heavy atom. The lowest BCUT2D eigenvalue weighted by atomic mass is 9.67. The minimum absolute atomic E-state index is 0. The van der Waals surface area contributed by atoms with E-state index in [0.29, 0.717) is 18.4 Å². The van der Waals surface area contributed by atoms with Gasteiger partial charge in [-0.2, -0.15) is 0 Å². The van der Waals surface area contributed by atoms with Gasteiger partial charge in [-0.15, -0.1) is 24.0 Å². The molecule has 2 N–H and O–H groups in total. The fourth-order valence-corrected chi connectivity index (χ4v) is 2.56. The molecule has 0 aliphatic heterocycles. The highest BCUT2D eigenvalue weighted by molar-refractivity contribution is 14.0. The Kier molecular flexibility index (Phi) is 11.7. The highest BCUT2D eigenvalue weighted by Crippen LogP contribution is 2.43. The van der Waals surface area contributed by atoms with Gasteiger partial charge in [0, 0.05) is 26.1 Å². The number of ether oxygens (including phenoxy) is 1. The molecule has 5 nitrogen and oxygen atoms in total. The molecule has 22 heavy (non-hydrogen) atoms. The van der Waals surface area contributed by atoms with E-state index in [9.17, 15) is 4.79 Å². The van der Waals surface area contributed by atoms with Gasteiger partial charge in [0.15, 0.2) is 5.96 Å². The molecule has 1 rings (SSSR count). The lowest BCUT2D eigenvalue weighted by Crippen LogP contribution is -2.40. The van der Waals surface area contributed by atoms with Crippen molar-refractivity contribution in [3.05, 3.63) is 0 Å². The molecular weight excluding hydrogens is 393 g/mol. The summed E-state index contributed by atoms with van der Waals surface area (Å²) in [5, 5.41) is 6.56. The molecule has 1 aliphatic rings. The number of aliphatic imine (C=N–C) groups is 1. The fraction of sp³-hybridized carbons (Fsp3) is 0.875. The summed E-state index contributed by atoms with van der Waals surface area (Å²) < 4.78 is 4.91. The molecule has 130 valence electrons. The first-order valence-corrected chi connectivity index (χ1v) is 8.33. The predicted molar refractivity (Wildman–Crippen MR) is 102 cm³/mol. The number of nitrogens with zero attached hydrogens (tertiary/aromatic N) is 1. The Morgan fingerprint density at radius 1 is 1.23 bits per heavy atom. The normalized spacial score (nSPS) is 16.2. The maximum atomic E-state index is 11.3. The molecule has 0 spiro atoms. The van der Waals surface area contributed by atoms with Gasteiger partial charge >= 0.3 is 5.97 Å². The van der Waals surface area contributed by atoms with Crippen LogP contribution in [0.15, 0.2) is 4.99 Å². The number of carbonyl (C=O) groups excluding carboxylic acids is 1. The van der Waals surface area contributed by atoms with E-state index in [-0.39, 0.29) is 29.9 Å². The zero-order valence-corrected chi connectivity index (χ0v) is 16.6. The van der Waals surface area contributed by atoms with Gasteiger partial charge in [0.05, 0.1) is 6.61 Å². The summed E-state index contributed by atoms with van der Waals surface area (Å²) in [6, 6.07) is 0. The molecule has 0 radical (unpaired) electrons. The summed E-state index contributed by atoms with van der Waals surface area (Å²) in [4.78, 5) is 16.0. The van der Waals surface area contributed by atoms with Crippen molar-refractivity contribution in [3.8, 4) is 0 Å². The van der Waals surface area contributed by atoms with Crippen molar-refractivity contribution in [1.29, 1.82) is 0 Å². The van der Waals surface area contributed by atoms with E-state index in [0.717, 1.165) is 32.0 Å². The molecule has 0 aromatic heterocycles. The quantitative estimate of drug-likeness (QED) is 0.196. The van der Waals surface area contributed by atoms with Crippen molar-refractivity contribution >= 4 is 35.9 Å². The van der Waals surface area contributed by atoms with Crippen LogP contribution in [0.3, 0.4) is 0 Å². The maximum absolute atomic E-state index is 11.3. The summed E-state index contributed by atoms with van der Waals surface area (Å²) in [6.45, 7) is 9.10. The molecule has 0 saturated heterocycles. The number of carbonyl (C=O) groups is 1. The summed E-state index contributed by atoms with van der Waals surface area (Å²) in [6.07, 6.45) is 6.37. The molecule has 0 aromatic rings. The third-order valence-electron chi connectivity index (χ3n) is 4.24. The van der Waals surface area contributed by atoms with E-state index in [1.807, 2.05) is 6.92 Å². The molecule has 0 unspecified atom stereocenters. The van der Waals surface area contributed by atoms with Gasteiger partial charge in [0.2, 0.25) is 0 Å². The van der Waals surface area contributed by atoms with Gasteiger partial charge in [0.1, 0.15) is 0 Å². The van der Waals surface area contributed by atoms with Crippen LogP contribution in [-0.2, 0) is 9.53 Å². The predicted octanol–water partition coefficient (Wildman–Crippen LogP) is 3.08. The number of nitrogens with one attached hydrogen (secondary N) is 2. The summed E-state index contributed by atoms with van der Waals surface area (Å²) in [5.41, 5.74) is 0.438. The third-order valence-corrected chi connectivity index (χ3v) is 4.24. The van der Waals surface area contributed by atoms with Crippen molar-refractivity contribution in [2.24, 2.45) is 10.4 Å². The number of hydrogen-bond acceptors (Lipinski definition) is 3. The van der Waals surface area contributed by atoms with Crippen LogP contribution >= 0.6 is 24.0 Å². The standard InChI is InChI=1S/C16H31N3O2.HI/c1-4-16(10-8-11-16)13-19-15(17-5-2)18-12-7-9-14(20)21-6-3;/h4-13H2,1-3H3,(H2,17,18,19);1H. The Hall–Kier alpha value is -0.530. The van der Waals surface area contributed by atoms with Crippen molar-refractivity contribution in [3.63, 3.8) is 0 Å². The second kappa shape index (κ2) is 12.0. The fourth-order valence-electron chi connectivity index (χ4n) is 2.56. The highest BCUT2D eigenvalue weighted by Gasteiger charge is 2.34. The zero-order valence-electron chi connectivity index (χ0n) is 14.2. The van der Waals surface area contributed by atoms with Crippen LogP contribution in [0.1, 0.15) is 59.3 Å². The zero-order chi connectivity index (χ0) is 15.6. The molecule has 0 aromatic carbocycles. The third kappa shape index (κ3) is 7.65. The van der Waals surface area contributed by atoms with Crippen molar-refractivity contribution < 1.29 is 9.53 Å². The first-order chi connectivity index (χ1) is 10.2. The molecule has 1 fully saturated rings. The van der Waals surface area contributed by atoms with Gasteiger partial charge in [-0.25, -0.2) is 0 Å². The molecule has 1 saturated carbocycles. The van der Waals surface area contributed by atoms with Crippen molar-refractivity contribution in [2.75, 3.05) is 26.2 Å². The smallest absolute Gasteiger partial charge is 0.305 e. The first-order valence-electron chi connectivity index (χ1n) is 8.33. The average molecular weight is 425 g/mol. The van der Waals surface area contributed by atoms with Crippen LogP contribution in [0.4, 0.5) is 0 Å². The van der Waals surface area contributed by atoms with Crippen LogP contribution in [0.25, 0.3) is 0 Å². The van der Waals surface area contributed by atoms with E-state index in [4.69, 9.17) is 9.73 Å². The Morgan fingerprint density at radius 3 is 2.45 bits per heavy atom. The number of rotatable bonds is 9. The van der Waals surface area contributed by atoms with Gasteiger partial charge < -0.3 is 15.4 Å². The number of esters is 1. The van der Waals surface area contributed by atoms with Gasteiger partial charge in [0.25, 0.3) is 0 Å². The topological polar surface area (TPSA) is 62.7 Å². The molecule has 1 aliphatic carbocycles. The molecule has 0 heterocycles. The van der Waals surface area contributed by atoms with E-state index in [1.54, 1.807) is 0 Å². The van der Waals surface area contributed by atoms with Crippen LogP contribution in [-0.4, -0.2) is 38.2 Å². The van der Waals surface area contributed by atoms with E-state index in [1.165, 1.54) is 25.7 Å². The monoisotopic (exact) mass is 425 g/mol. The van der Waals surface area contributed by atoms with Crippen LogP contribution in [0.2, 0.25) is 0 Å². The average Bonchev–Trinajstić information content (AvgIpc) is 2.43. The second-order valence-corrected chi connectivity index (χ2v) is 5.74. The summed E-state index contributed by atoms with van der Waals surface area (Å²) in [5.74, 6) is 0.738. The Labute approximate surface area is 152 Å². The van der Waals surface area contributed by atoms with E-state index >= 15 is 0 Å². The SMILES string of the molecule is CCNC(=NCC1(CC)CCC1)NCCCC(=O)OCC.I. The minimum Gasteiger partial charge on any atom is -0.466 e. The molecule has 0 atom stereocenters. The Bertz CT molecular complexity index is 339. The molecule has 0 amide bonds. The van der Waals surface area contributed by atoms with Crippen molar-refractivity contribution in [2.45, 2.75) is 59.3 Å². The second-order valence-electron chi connectivity index (χ2n) is 5.74. The van der Waals surface area contributed by atoms with Gasteiger partial charge in [-0.3, -0.25) is 9.79 Å². The van der Waals surface area contributed by atoms with Crippen molar-refractivity contribution in [1.82, 2.24) is 10.6 Å². The van der Waals surface area contributed by atoms with E-state index in [2.05, 4.69) is 24.5 Å². The lowest BCUT2D eigenvalue weighted by molar-refractivity contribution is -0.143. The molecule has 6 heteroatoms. The number of halogens is 1. The minimum atomic E-state index is -0.124. The summed E-state index contributed by atoms with van der Waals surface area (Å²) >= 11 is 0. The first kappa shape index (κ1) is 21.5. The van der Waals surface area contributed by atoms with Gasteiger partial charge in [-0.05, 0) is 44.9 Å². The Balaban J connectivity index is 0.00000441. The largest absolute Gasteiger partial charge is 0.466 e. The van der Waals surface area contributed by atoms with E-state index < -0.39 is 0 Å². The highest BCUT2D eigenvalue weighted by atomic mass is 127. The van der Waals surface area contributed by atoms with Crippen LogP contribution in [0, 0.1) is 5.41 Å². The number of hydrogen-bond donors (Lipinski definition) is 2. The molecule has 0 bridgehead atoms. The maximum Gasteiger partial charge on any atom is 0.305 e. The van der Waals surface area contributed by atoms with Gasteiger partial charge in [-0.1, -0.05) is 13.3 Å². The molecular formula is C16H32IN3O2. The summed E-state index contributed by atoms with van der Waals surface area (Å²) in [7, 11) is 0. The lowest BCUT2D eigenvalue weighted by Gasteiger charge is -2.40. The van der Waals surface area contributed by atoms with Crippen LogP contribution < -0.4 is 10.6 Å². The van der Waals surface area contributed by atoms with Crippen LogP contribution in [0.5, 0.6) is 0 Å². The number of guanidine groups is 1.